The molecule has 1 aromatic heterocycles. The molecule has 0 spiro atoms. The average Bonchev–Trinajstić information content (AvgIpc) is 3.02. The molecule has 0 saturated carbocycles. The van der Waals surface area contributed by atoms with Crippen molar-refractivity contribution >= 4 is 9.84 Å². The van der Waals surface area contributed by atoms with E-state index in [1.54, 1.807) is 6.07 Å². The largest absolute Gasteiger partial charge is 0.433 e. The maximum absolute atomic E-state index is 13.9. The lowest BCUT2D eigenvalue weighted by atomic mass is 9.98. The summed E-state index contributed by atoms with van der Waals surface area (Å²) >= 11 is 0. The van der Waals surface area contributed by atoms with Gasteiger partial charge in [0.2, 0.25) is 0 Å². The Morgan fingerprint density at radius 2 is 1.59 bits per heavy atom. The molecule has 0 fully saturated rings. The number of halogens is 4. The first kappa shape index (κ1) is 20.5. The number of rotatable bonds is 4. The van der Waals surface area contributed by atoms with Gasteiger partial charge in [-0.2, -0.15) is 23.5 Å². The van der Waals surface area contributed by atoms with Gasteiger partial charge in [0.1, 0.15) is 18.1 Å². The summed E-state index contributed by atoms with van der Waals surface area (Å²) in [6.45, 7) is -0.648. The van der Waals surface area contributed by atoms with Crippen LogP contribution in [-0.2, 0) is 22.6 Å². The van der Waals surface area contributed by atoms with Crippen molar-refractivity contribution in [2.45, 2.75) is 17.6 Å². The van der Waals surface area contributed by atoms with E-state index < -0.39 is 34.1 Å². The van der Waals surface area contributed by atoms with Crippen LogP contribution in [0.2, 0.25) is 0 Å². The Morgan fingerprint density at radius 3 is 2.07 bits per heavy atom. The van der Waals surface area contributed by atoms with Crippen LogP contribution in [0.15, 0.2) is 53.4 Å². The molecule has 10 heteroatoms. The summed E-state index contributed by atoms with van der Waals surface area (Å²) in [7, 11) is -3.54. The minimum absolute atomic E-state index is 0.0532. The second-order valence-electron chi connectivity index (χ2n) is 6.19. The number of alkyl halides is 3. The summed E-state index contributed by atoms with van der Waals surface area (Å²) in [5.41, 5.74) is -1.28. The van der Waals surface area contributed by atoms with E-state index in [4.69, 9.17) is 5.26 Å². The summed E-state index contributed by atoms with van der Waals surface area (Å²) in [5.74, 6) is -0.569. The number of sulfone groups is 1. The van der Waals surface area contributed by atoms with Crippen LogP contribution in [0, 0.1) is 17.1 Å². The van der Waals surface area contributed by atoms with E-state index in [1.807, 2.05) is 0 Å². The lowest BCUT2D eigenvalue weighted by Crippen LogP contribution is -2.15. The van der Waals surface area contributed by atoms with Gasteiger partial charge in [-0.1, -0.05) is 12.1 Å². The average molecular weight is 423 g/mol. The second-order valence-corrected chi connectivity index (χ2v) is 8.20. The lowest BCUT2D eigenvalue weighted by molar-refractivity contribution is -0.143. The molecule has 2 aromatic carbocycles. The summed E-state index contributed by atoms with van der Waals surface area (Å²) in [5, 5.41) is 12.9. The minimum Gasteiger partial charge on any atom is -0.245 e. The van der Waals surface area contributed by atoms with Gasteiger partial charge in [-0.3, -0.25) is 0 Å². The van der Waals surface area contributed by atoms with Crippen LogP contribution in [0.25, 0.3) is 22.4 Å². The van der Waals surface area contributed by atoms with Gasteiger partial charge in [-0.15, -0.1) is 0 Å². The highest BCUT2D eigenvalue weighted by Crippen LogP contribution is 2.42. The highest BCUT2D eigenvalue weighted by molar-refractivity contribution is 7.90. The first-order valence-electron chi connectivity index (χ1n) is 8.13. The summed E-state index contributed by atoms with van der Waals surface area (Å²) in [4.78, 5) is -0.0532. The van der Waals surface area contributed by atoms with Crippen LogP contribution >= 0.6 is 0 Å². The van der Waals surface area contributed by atoms with Crippen LogP contribution in [0.1, 0.15) is 5.69 Å². The predicted molar refractivity (Wildman–Crippen MR) is 96.8 cm³/mol. The summed E-state index contributed by atoms with van der Waals surface area (Å²) in [6.07, 6.45) is -3.86. The Bertz CT molecular complexity index is 1190. The molecule has 0 unspecified atom stereocenters. The van der Waals surface area contributed by atoms with Crippen molar-refractivity contribution in [3.8, 4) is 28.5 Å². The van der Waals surface area contributed by atoms with Crippen LogP contribution in [0.3, 0.4) is 0 Å². The van der Waals surface area contributed by atoms with E-state index in [1.165, 1.54) is 36.4 Å². The predicted octanol–water partition coefficient (Wildman–Crippen LogP) is 4.30. The fraction of sp³-hybridized carbons (Fsp3) is 0.158. The van der Waals surface area contributed by atoms with Crippen molar-refractivity contribution in [3.63, 3.8) is 0 Å². The fourth-order valence-electron chi connectivity index (χ4n) is 2.88. The standard InChI is InChI=1S/C19H13F4N3O2S/c1-29(27,28)15-8-4-12(5-9-15)16-17(13-2-6-14(20)7-3-13)25-26(11-10-24)18(16)19(21,22)23/h2-9H,11H2,1H3. The van der Waals surface area contributed by atoms with Crippen molar-refractivity contribution in [2.24, 2.45) is 0 Å². The molecular formula is C19H13F4N3O2S. The zero-order valence-corrected chi connectivity index (χ0v) is 15.7. The molecular weight excluding hydrogens is 410 g/mol. The number of nitrogens with zero attached hydrogens (tertiary/aromatic N) is 3. The highest BCUT2D eigenvalue weighted by atomic mass is 32.2. The SMILES string of the molecule is CS(=O)(=O)c1ccc(-c2c(-c3ccc(F)cc3)nn(CC#N)c2C(F)(F)F)cc1. The first-order valence-corrected chi connectivity index (χ1v) is 10.0. The summed E-state index contributed by atoms with van der Waals surface area (Å²) in [6, 6.07) is 11.2. The molecule has 0 atom stereocenters. The number of benzene rings is 2. The van der Waals surface area contributed by atoms with E-state index in [0.717, 1.165) is 18.4 Å². The Labute approximate surface area is 163 Å². The number of aromatic nitrogens is 2. The Hall–Kier alpha value is -3.19. The fourth-order valence-corrected chi connectivity index (χ4v) is 3.51. The molecule has 5 nitrogen and oxygen atoms in total. The van der Waals surface area contributed by atoms with Crippen LogP contribution in [-0.4, -0.2) is 24.5 Å². The third-order valence-electron chi connectivity index (χ3n) is 4.13. The van der Waals surface area contributed by atoms with Gasteiger partial charge in [-0.25, -0.2) is 17.5 Å². The van der Waals surface area contributed by atoms with Gasteiger partial charge >= 0.3 is 6.18 Å². The zero-order valence-electron chi connectivity index (χ0n) is 14.9. The molecule has 3 rings (SSSR count). The maximum atomic E-state index is 13.9. The molecule has 0 aliphatic heterocycles. The molecule has 0 N–H and O–H groups in total. The van der Waals surface area contributed by atoms with Gasteiger partial charge in [-0.05, 0) is 42.0 Å². The smallest absolute Gasteiger partial charge is 0.245 e. The van der Waals surface area contributed by atoms with E-state index >= 15 is 0 Å². The Balaban J connectivity index is 2.32. The highest BCUT2D eigenvalue weighted by Gasteiger charge is 2.40. The van der Waals surface area contributed by atoms with Crippen LogP contribution in [0.4, 0.5) is 17.6 Å². The molecule has 0 saturated heterocycles. The maximum Gasteiger partial charge on any atom is 0.433 e. The van der Waals surface area contributed by atoms with E-state index in [2.05, 4.69) is 5.10 Å². The zero-order chi connectivity index (χ0) is 21.4. The van der Waals surface area contributed by atoms with E-state index in [0.29, 0.717) is 4.68 Å². The molecule has 0 aliphatic carbocycles. The van der Waals surface area contributed by atoms with Gasteiger partial charge in [0.25, 0.3) is 0 Å². The normalized spacial score (nSPS) is 12.0. The second kappa shape index (κ2) is 7.33. The van der Waals surface area contributed by atoms with Crippen molar-refractivity contribution in [1.82, 2.24) is 9.78 Å². The Kier molecular flexibility index (Phi) is 5.19. The summed E-state index contributed by atoms with van der Waals surface area (Å²) < 4.78 is 78.7. The van der Waals surface area contributed by atoms with Crippen molar-refractivity contribution in [2.75, 3.05) is 6.26 Å². The van der Waals surface area contributed by atoms with Gasteiger partial charge < -0.3 is 0 Å². The number of nitriles is 1. The first-order chi connectivity index (χ1) is 13.5. The number of hydrogen-bond acceptors (Lipinski definition) is 4. The molecule has 0 aliphatic rings. The molecule has 1 heterocycles. The van der Waals surface area contributed by atoms with Crippen molar-refractivity contribution in [3.05, 3.63) is 60.0 Å². The van der Waals surface area contributed by atoms with E-state index in [9.17, 15) is 26.0 Å². The van der Waals surface area contributed by atoms with Gasteiger partial charge in [0.05, 0.1) is 11.0 Å². The molecule has 0 bridgehead atoms. The molecule has 0 amide bonds. The van der Waals surface area contributed by atoms with Crippen molar-refractivity contribution < 1.29 is 26.0 Å². The van der Waals surface area contributed by atoms with Crippen LogP contribution < -0.4 is 0 Å². The third-order valence-corrected chi connectivity index (χ3v) is 5.26. The molecule has 29 heavy (non-hydrogen) atoms. The third kappa shape index (κ3) is 4.14. The quantitative estimate of drug-likeness (QED) is 0.587. The van der Waals surface area contributed by atoms with Crippen molar-refractivity contribution in [1.29, 1.82) is 5.26 Å². The molecule has 0 radical (unpaired) electrons. The minimum atomic E-state index is -4.84. The van der Waals surface area contributed by atoms with Gasteiger partial charge in [0, 0.05) is 17.4 Å². The monoisotopic (exact) mass is 423 g/mol. The molecule has 150 valence electrons. The number of hydrogen-bond donors (Lipinski definition) is 0. The van der Waals surface area contributed by atoms with Gasteiger partial charge in [0.15, 0.2) is 15.5 Å². The van der Waals surface area contributed by atoms with E-state index in [-0.39, 0.29) is 27.3 Å². The van der Waals surface area contributed by atoms with Crippen LogP contribution in [0.5, 0.6) is 0 Å². The lowest BCUT2D eigenvalue weighted by Gasteiger charge is -2.12. The Morgan fingerprint density at radius 1 is 1.03 bits per heavy atom. The molecule has 3 aromatic rings. The topological polar surface area (TPSA) is 75.8 Å².